The van der Waals surface area contributed by atoms with Gasteiger partial charge in [0.2, 0.25) is 5.91 Å². The van der Waals surface area contributed by atoms with Crippen molar-refractivity contribution < 1.29 is 14.4 Å². The van der Waals surface area contributed by atoms with Gasteiger partial charge < -0.3 is 10.3 Å². The number of carbonyl (C=O) groups is 3. The first kappa shape index (κ1) is 18.8. The van der Waals surface area contributed by atoms with E-state index in [2.05, 4.69) is 10.3 Å². The molecule has 6 heteroatoms. The van der Waals surface area contributed by atoms with Gasteiger partial charge in [0.1, 0.15) is 0 Å². The molecule has 6 nitrogen and oxygen atoms in total. The number of anilines is 2. The van der Waals surface area contributed by atoms with Crippen LogP contribution < -0.4 is 10.2 Å². The zero-order valence-corrected chi connectivity index (χ0v) is 16.8. The summed E-state index contributed by atoms with van der Waals surface area (Å²) >= 11 is 0. The van der Waals surface area contributed by atoms with E-state index >= 15 is 0 Å². The van der Waals surface area contributed by atoms with Gasteiger partial charge in [-0.15, -0.1) is 0 Å². The average Bonchev–Trinajstić information content (AvgIpc) is 3.22. The van der Waals surface area contributed by atoms with Crippen molar-refractivity contribution in [3.8, 4) is 0 Å². The monoisotopic (exact) mass is 409 g/mol. The highest BCUT2D eigenvalue weighted by molar-refractivity contribution is 6.34. The molecule has 152 valence electrons. The summed E-state index contributed by atoms with van der Waals surface area (Å²) in [6.45, 7) is 1.95. The number of hydrogen-bond acceptors (Lipinski definition) is 3. The number of rotatable bonds is 4. The average molecular weight is 409 g/mol. The van der Waals surface area contributed by atoms with E-state index in [0.29, 0.717) is 22.5 Å². The minimum absolute atomic E-state index is 0.174. The van der Waals surface area contributed by atoms with Crippen molar-refractivity contribution in [3.63, 3.8) is 0 Å². The predicted octanol–water partition coefficient (Wildman–Crippen LogP) is 4.46. The molecular formula is C25H19N3O3. The first-order chi connectivity index (χ1) is 15.0. The third kappa shape index (κ3) is 3.18. The summed E-state index contributed by atoms with van der Waals surface area (Å²) in [6, 6.07) is 21.4. The number of H-pyrrole nitrogens is 1. The van der Waals surface area contributed by atoms with Gasteiger partial charge in [0.25, 0.3) is 11.8 Å². The van der Waals surface area contributed by atoms with Crippen LogP contribution in [0.5, 0.6) is 0 Å². The lowest BCUT2D eigenvalue weighted by Gasteiger charge is -2.15. The van der Waals surface area contributed by atoms with Gasteiger partial charge in [-0.3, -0.25) is 14.4 Å². The van der Waals surface area contributed by atoms with Gasteiger partial charge in [-0.25, -0.2) is 4.90 Å². The highest BCUT2D eigenvalue weighted by atomic mass is 16.2. The molecule has 0 saturated heterocycles. The quantitative estimate of drug-likeness (QED) is 0.488. The summed E-state index contributed by atoms with van der Waals surface area (Å²) < 4.78 is 0. The molecule has 3 amide bonds. The second-order valence-corrected chi connectivity index (χ2v) is 7.54. The summed E-state index contributed by atoms with van der Waals surface area (Å²) in [5, 5.41) is 3.91. The van der Waals surface area contributed by atoms with Crippen molar-refractivity contribution in [3.05, 3.63) is 95.2 Å². The fourth-order valence-electron chi connectivity index (χ4n) is 4.07. The Kier molecular flexibility index (Phi) is 4.40. The van der Waals surface area contributed by atoms with Gasteiger partial charge in [-0.2, -0.15) is 0 Å². The maximum atomic E-state index is 12.7. The standard InChI is InChI=1S/C25H19N3O3/c1-15-21(18-9-4-5-12-22(18)26-15)14-23(29)27-16-7-6-8-17(13-16)28-24(30)19-10-2-3-11-20(19)25(28)31/h2-13,26H,14H2,1H3,(H,27,29). The molecule has 1 aliphatic rings. The molecule has 2 heterocycles. The minimum atomic E-state index is -0.363. The van der Waals surface area contributed by atoms with Gasteiger partial charge in [0.05, 0.1) is 23.2 Å². The summed E-state index contributed by atoms with van der Waals surface area (Å²) in [6.07, 6.45) is 0.215. The fourth-order valence-corrected chi connectivity index (χ4v) is 4.07. The number of aromatic nitrogens is 1. The van der Waals surface area contributed by atoms with Crippen LogP contribution in [0.25, 0.3) is 10.9 Å². The number of hydrogen-bond donors (Lipinski definition) is 2. The molecule has 1 aliphatic heterocycles. The first-order valence-electron chi connectivity index (χ1n) is 9.97. The van der Waals surface area contributed by atoms with Gasteiger partial charge in [0.15, 0.2) is 0 Å². The van der Waals surface area contributed by atoms with Crippen LogP contribution in [0.15, 0.2) is 72.8 Å². The number of fused-ring (bicyclic) bond motifs is 2. The molecular weight excluding hydrogens is 390 g/mol. The van der Waals surface area contributed by atoms with E-state index in [4.69, 9.17) is 0 Å². The molecule has 0 fully saturated rings. The van der Waals surface area contributed by atoms with Gasteiger partial charge in [-0.1, -0.05) is 36.4 Å². The molecule has 1 aromatic heterocycles. The molecule has 2 N–H and O–H groups in total. The maximum absolute atomic E-state index is 12.7. The molecule has 0 spiro atoms. The SMILES string of the molecule is Cc1[nH]c2ccccc2c1CC(=O)Nc1cccc(N2C(=O)c3ccccc3C2=O)c1. The fraction of sp³-hybridized carbons (Fsp3) is 0.0800. The van der Waals surface area contributed by atoms with Crippen molar-refractivity contribution in [1.82, 2.24) is 4.98 Å². The van der Waals surface area contributed by atoms with Crippen LogP contribution in [0, 0.1) is 6.92 Å². The largest absolute Gasteiger partial charge is 0.358 e. The Balaban J connectivity index is 1.38. The van der Waals surface area contributed by atoms with Gasteiger partial charge in [-0.05, 0) is 48.9 Å². The van der Waals surface area contributed by atoms with Crippen molar-refractivity contribution in [1.29, 1.82) is 0 Å². The molecule has 4 aromatic rings. The number of aromatic amines is 1. The second kappa shape index (κ2) is 7.25. The number of nitrogens with zero attached hydrogens (tertiary/aromatic N) is 1. The number of aryl methyl sites for hydroxylation is 1. The predicted molar refractivity (Wildman–Crippen MR) is 119 cm³/mol. The van der Waals surface area contributed by atoms with Crippen LogP contribution in [0.3, 0.4) is 0 Å². The van der Waals surface area contributed by atoms with Crippen LogP contribution in [-0.2, 0) is 11.2 Å². The highest BCUT2D eigenvalue weighted by Gasteiger charge is 2.36. The third-order valence-electron chi connectivity index (χ3n) is 5.55. The number of nitrogens with one attached hydrogen (secondary N) is 2. The smallest absolute Gasteiger partial charge is 0.266 e. The zero-order valence-electron chi connectivity index (χ0n) is 16.8. The molecule has 0 unspecified atom stereocenters. The Morgan fingerprint density at radius 2 is 1.58 bits per heavy atom. The minimum Gasteiger partial charge on any atom is -0.358 e. The topological polar surface area (TPSA) is 82.3 Å². The Hall–Kier alpha value is -4.19. The Bertz CT molecular complexity index is 1330. The molecule has 0 atom stereocenters. The third-order valence-corrected chi connectivity index (χ3v) is 5.55. The second-order valence-electron chi connectivity index (χ2n) is 7.54. The van der Waals surface area contributed by atoms with E-state index in [1.807, 2.05) is 31.2 Å². The molecule has 0 radical (unpaired) electrons. The van der Waals surface area contributed by atoms with Gasteiger partial charge >= 0.3 is 0 Å². The van der Waals surface area contributed by atoms with Crippen LogP contribution in [-0.4, -0.2) is 22.7 Å². The van der Waals surface area contributed by atoms with E-state index in [-0.39, 0.29) is 24.1 Å². The van der Waals surface area contributed by atoms with Crippen LogP contribution in [0.1, 0.15) is 32.0 Å². The Morgan fingerprint density at radius 1 is 0.903 bits per heavy atom. The van der Waals surface area contributed by atoms with E-state index < -0.39 is 0 Å². The summed E-state index contributed by atoms with van der Waals surface area (Å²) in [4.78, 5) is 42.6. The van der Waals surface area contributed by atoms with Gasteiger partial charge in [0, 0.05) is 22.3 Å². The van der Waals surface area contributed by atoms with Crippen LogP contribution in [0.4, 0.5) is 11.4 Å². The lowest BCUT2D eigenvalue weighted by Crippen LogP contribution is -2.29. The first-order valence-corrected chi connectivity index (χ1v) is 9.97. The normalized spacial score (nSPS) is 13.0. The van der Waals surface area contributed by atoms with E-state index in [0.717, 1.165) is 27.1 Å². The number of carbonyl (C=O) groups excluding carboxylic acids is 3. The summed E-state index contributed by atoms with van der Waals surface area (Å²) in [5.41, 5.74) is 4.62. The zero-order chi connectivity index (χ0) is 21.5. The van der Waals surface area contributed by atoms with Crippen molar-refractivity contribution in [2.24, 2.45) is 0 Å². The number of para-hydroxylation sites is 1. The van der Waals surface area contributed by atoms with Crippen LogP contribution >= 0.6 is 0 Å². The highest BCUT2D eigenvalue weighted by Crippen LogP contribution is 2.30. The van der Waals surface area contributed by atoms with Crippen molar-refractivity contribution >= 4 is 40.0 Å². The molecule has 3 aromatic carbocycles. The van der Waals surface area contributed by atoms with Crippen molar-refractivity contribution in [2.75, 3.05) is 10.2 Å². The van der Waals surface area contributed by atoms with E-state index in [1.54, 1.807) is 48.5 Å². The Labute approximate surface area is 178 Å². The number of benzene rings is 3. The van der Waals surface area contributed by atoms with E-state index in [1.165, 1.54) is 0 Å². The molecule has 0 aliphatic carbocycles. The lowest BCUT2D eigenvalue weighted by molar-refractivity contribution is -0.115. The maximum Gasteiger partial charge on any atom is 0.266 e. The lowest BCUT2D eigenvalue weighted by atomic mass is 10.1. The van der Waals surface area contributed by atoms with Crippen molar-refractivity contribution in [2.45, 2.75) is 13.3 Å². The molecule has 31 heavy (non-hydrogen) atoms. The Morgan fingerprint density at radius 3 is 2.32 bits per heavy atom. The molecule has 0 saturated carbocycles. The molecule has 5 rings (SSSR count). The summed E-state index contributed by atoms with van der Waals surface area (Å²) in [7, 11) is 0. The summed E-state index contributed by atoms with van der Waals surface area (Å²) in [5.74, 6) is -0.899. The number of amides is 3. The molecule has 0 bridgehead atoms. The van der Waals surface area contributed by atoms with Crippen LogP contribution in [0.2, 0.25) is 0 Å². The number of imide groups is 1. The van der Waals surface area contributed by atoms with E-state index in [9.17, 15) is 14.4 Å².